The molecule has 0 radical (unpaired) electrons. The average Bonchev–Trinajstić information content (AvgIpc) is 2.70. The normalized spacial score (nSPS) is 19.9. The Labute approximate surface area is 121 Å². The van der Waals surface area contributed by atoms with Crippen molar-refractivity contribution in [2.75, 3.05) is 22.6 Å². The Morgan fingerprint density at radius 2 is 2.25 bits per heavy atom. The fourth-order valence-corrected chi connectivity index (χ4v) is 2.00. The Morgan fingerprint density at radius 3 is 2.85 bits per heavy atom. The predicted molar refractivity (Wildman–Crippen MR) is 77.1 cm³/mol. The highest BCUT2D eigenvalue weighted by Gasteiger charge is 2.36. The quantitative estimate of drug-likeness (QED) is 0.562. The van der Waals surface area contributed by atoms with E-state index in [1.807, 2.05) is 0 Å². The number of halogens is 1. The highest BCUT2D eigenvalue weighted by molar-refractivity contribution is 6.21. The topological polar surface area (TPSA) is 81.7 Å². The van der Waals surface area contributed by atoms with Gasteiger partial charge in [-0.3, -0.25) is 4.79 Å². The number of carbonyl (C=O) groups is 2. The maximum Gasteiger partial charge on any atom is 0.329 e. The third-order valence-electron chi connectivity index (χ3n) is 2.96. The Bertz CT molecular complexity index is 523. The molecule has 0 spiro atoms. The number of alkyl halides is 1. The van der Waals surface area contributed by atoms with E-state index < -0.39 is 18.2 Å². The highest BCUT2D eigenvalue weighted by Crippen LogP contribution is 2.23. The number of nitrogens with one attached hydrogen (secondary N) is 2. The second-order valence-corrected chi connectivity index (χ2v) is 4.89. The van der Waals surface area contributed by atoms with Gasteiger partial charge >= 0.3 is 6.03 Å². The van der Waals surface area contributed by atoms with Crippen molar-refractivity contribution in [1.82, 2.24) is 5.32 Å². The molecule has 6 nitrogen and oxygen atoms in total. The van der Waals surface area contributed by atoms with E-state index in [-0.39, 0.29) is 11.8 Å². The molecule has 108 valence electrons. The number of aliphatic hydroxyl groups excluding tert-OH is 1. The molecule has 3 N–H and O–H groups in total. The average molecular weight is 298 g/mol. The second kappa shape index (κ2) is 6.11. The summed E-state index contributed by atoms with van der Waals surface area (Å²) in [6.45, 7) is 1.93. The number of hydrogen-bond donors (Lipinski definition) is 3. The largest absolute Gasteiger partial charge is 0.390 e. The Morgan fingerprint density at radius 1 is 1.50 bits per heavy atom. The van der Waals surface area contributed by atoms with Gasteiger partial charge in [-0.25, -0.2) is 9.69 Å². The van der Waals surface area contributed by atoms with Crippen LogP contribution in [0.3, 0.4) is 0 Å². The molecule has 0 aliphatic carbocycles. The van der Waals surface area contributed by atoms with Crippen LogP contribution in [-0.2, 0) is 4.79 Å². The van der Waals surface area contributed by atoms with Gasteiger partial charge in [0, 0.05) is 12.2 Å². The molecule has 7 heteroatoms. The van der Waals surface area contributed by atoms with Crippen molar-refractivity contribution in [3.8, 4) is 0 Å². The van der Waals surface area contributed by atoms with Crippen molar-refractivity contribution in [3.63, 3.8) is 0 Å². The van der Waals surface area contributed by atoms with Gasteiger partial charge in [0.05, 0.1) is 17.7 Å². The molecule has 1 aromatic rings. The van der Waals surface area contributed by atoms with E-state index in [0.29, 0.717) is 17.9 Å². The van der Waals surface area contributed by atoms with Gasteiger partial charge in [0.15, 0.2) is 0 Å². The number of urea groups is 1. The minimum atomic E-state index is -0.655. The first kappa shape index (κ1) is 14.6. The van der Waals surface area contributed by atoms with Crippen molar-refractivity contribution in [3.05, 3.63) is 24.3 Å². The molecule has 2 rings (SSSR count). The van der Waals surface area contributed by atoms with Crippen LogP contribution < -0.4 is 15.5 Å². The van der Waals surface area contributed by atoms with E-state index in [9.17, 15) is 14.7 Å². The van der Waals surface area contributed by atoms with Gasteiger partial charge < -0.3 is 15.7 Å². The van der Waals surface area contributed by atoms with Crippen molar-refractivity contribution in [2.24, 2.45) is 0 Å². The molecular weight excluding hydrogens is 282 g/mol. The van der Waals surface area contributed by atoms with Crippen LogP contribution in [0.15, 0.2) is 24.3 Å². The fourth-order valence-electron chi connectivity index (χ4n) is 1.89. The lowest BCUT2D eigenvalue weighted by Gasteiger charge is -2.15. The molecule has 3 amide bonds. The Balaban J connectivity index is 2.13. The van der Waals surface area contributed by atoms with Crippen LogP contribution in [0.4, 0.5) is 16.2 Å². The van der Waals surface area contributed by atoms with Gasteiger partial charge in [0.25, 0.3) is 5.91 Å². The van der Waals surface area contributed by atoms with E-state index in [1.165, 1.54) is 0 Å². The lowest BCUT2D eigenvalue weighted by atomic mass is 10.2. The Hall–Kier alpha value is -1.79. The summed E-state index contributed by atoms with van der Waals surface area (Å²) in [5, 5.41) is 14.9. The van der Waals surface area contributed by atoms with Gasteiger partial charge in [0.2, 0.25) is 0 Å². The molecule has 20 heavy (non-hydrogen) atoms. The third kappa shape index (κ3) is 3.02. The number of hydrogen-bond acceptors (Lipinski definition) is 4. The highest BCUT2D eigenvalue weighted by atomic mass is 35.5. The summed E-state index contributed by atoms with van der Waals surface area (Å²) < 4.78 is 0. The van der Waals surface area contributed by atoms with E-state index in [4.69, 9.17) is 11.6 Å². The van der Waals surface area contributed by atoms with Crippen LogP contribution in [0, 0.1) is 0 Å². The lowest BCUT2D eigenvalue weighted by Crippen LogP contribution is -2.31. The van der Waals surface area contributed by atoms with E-state index >= 15 is 0 Å². The molecule has 1 heterocycles. The number of rotatable bonds is 5. The molecule has 2 atom stereocenters. The van der Waals surface area contributed by atoms with E-state index in [1.54, 1.807) is 31.2 Å². The van der Waals surface area contributed by atoms with Crippen molar-refractivity contribution >= 4 is 34.9 Å². The number of carbonyl (C=O) groups excluding carboxylic acids is 2. The van der Waals surface area contributed by atoms with E-state index in [2.05, 4.69) is 10.6 Å². The minimum absolute atomic E-state index is 0.136. The molecule has 0 saturated carbocycles. The SMILES string of the molecule is CC1NC(=O)N(c2cccc(NCC(O)CCl)c2)C1=O. The summed E-state index contributed by atoms with van der Waals surface area (Å²) in [7, 11) is 0. The van der Waals surface area contributed by atoms with Crippen molar-refractivity contribution in [1.29, 1.82) is 0 Å². The molecule has 1 aliphatic heterocycles. The molecule has 1 saturated heterocycles. The number of aliphatic hydroxyl groups is 1. The molecular formula is C13H16ClN3O3. The van der Waals surface area contributed by atoms with Crippen molar-refractivity contribution < 1.29 is 14.7 Å². The summed E-state index contributed by atoms with van der Waals surface area (Å²) in [5.41, 5.74) is 1.19. The molecule has 1 aromatic carbocycles. The summed E-state index contributed by atoms with van der Waals surface area (Å²) in [4.78, 5) is 24.7. The zero-order valence-electron chi connectivity index (χ0n) is 11.0. The maximum atomic E-state index is 11.9. The molecule has 1 aliphatic rings. The van der Waals surface area contributed by atoms with E-state index in [0.717, 1.165) is 4.90 Å². The summed E-state index contributed by atoms with van der Waals surface area (Å²) in [6, 6.07) is 5.92. The van der Waals surface area contributed by atoms with Gasteiger partial charge in [-0.15, -0.1) is 11.6 Å². The monoisotopic (exact) mass is 297 g/mol. The van der Waals surface area contributed by atoms with Gasteiger partial charge in [-0.05, 0) is 25.1 Å². The standard InChI is InChI=1S/C13H16ClN3O3/c1-8-12(19)17(13(20)16-8)10-4-2-3-9(5-10)15-7-11(18)6-14/h2-5,8,11,15,18H,6-7H2,1H3,(H,16,20). The predicted octanol–water partition coefficient (Wildman–Crippen LogP) is 1.14. The lowest BCUT2D eigenvalue weighted by molar-refractivity contribution is -0.117. The zero-order valence-corrected chi connectivity index (χ0v) is 11.7. The molecule has 0 aromatic heterocycles. The van der Waals surface area contributed by atoms with Crippen LogP contribution in [0.1, 0.15) is 6.92 Å². The summed E-state index contributed by atoms with van der Waals surface area (Å²) in [5.74, 6) is -0.148. The smallest absolute Gasteiger partial charge is 0.329 e. The summed E-state index contributed by atoms with van der Waals surface area (Å²) >= 11 is 5.51. The van der Waals surface area contributed by atoms with Crippen LogP contribution in [-0.4, -0.2) is 41.6 Å². The molecule has 1 fully saturated rings. The van der Waals surface area contributed by atoms with Crippen LogP contribution in [0.25, 0.3) is 0 Å². The fraction of sp³-hybridized carbons (Fsp3) is 0.385. The van der Waals surface area contributed by atoms with Gasteiger partial charge in [-0.1, -0.05) is 6.07 Å². The Kier molecular flexibility index (Phi) is 4.46. The number of imide groups is 1. The van der Waals surface area contributed by atoms with Crippen LogP contribution in [0.5, 0.6) is 0 Å². The van der Waals surface area contributed by atoms with Gasteiger partial charge in [-0.2, -0.15) is 0 Å². The second-order valence-electron chi connectivity index (χ2n) is 4.58. The summed E-state index contributed by atoms with van der Waals surface area (Å²) in [6.07, 6.45) is -0.655. The number of amides is 3. The molecule has 0 bridgehead atoms. The molecule has 2 unspecified atom stereocenters. The maximum absolute atomic E-state index is 11.9. The first-order valence-corrected chi connectivity index (χ1v) is 6.79. The third-order valence-corrected chi connectivity index (χ3v) is 3.31. The minimum Gasteiger partial charge on any atom is -0.390 e. The number of nitrogens with zero attached hydrogens (tertiary/aromatic N) is 1. The van der Waals surface area contributed by atoms with Crippen molar-refractivity contribution in [2.45, 2.75) is 19.1 Å². The first-order valence-electron chi connectivity index (χ1n) is 6.25. The zero-order chi connectivity index (χ0) is 14.7. The van der Waals surface area contributed by atoms with Crippen LogP contribution in [0.2, 0.25) is 0 Å². The van der Waals surface area contributed by atoms with Crippen LogP contribution >= 0.6 is 11.6 Å². The number of anilines is 2. The first-order chi connectivity index (χ1) is 9.52. The van der Waals surface area contributed by atoms with Gasteiger partial charge in [0.1, 0.15) is 6.04 Å². The number of benzene rings is 1.